The van der Waals surface area contributed by atoms with Crippen LogP contribution in [0.25, 0.3) is 0 Å². The van der Waals surface area contributed by atoms with Crippen LogP contribution in [-0.2, 0) is 16.6 Å². The maximum atomic E-state index is 13.0. The Bertz CT molecular complexity index is 533. The van der Waals surface area contributed by atoms with Crippen molar-refractivity contribution in [3.05, 3.63) is 34.1 Å². The first-order valence-corrected chi connectivity index (χ1v) is 6.57. The molecule has 2 rings (SSSR count). The van der Waals surface area contributed by atoms with Gasteiger partial charge in [-0.05, 0) is 36.1 Å². The van der Waals surface area contributed by atoms with Gasteiger partial charge in [0.2, 0.25) is 0 Å². The number of rotatable bonds is 2. The fourth-order valence-corrected chi connectivity index (χ4v) is 2.99. The summed E-state index contributed by atoms with van der Waals surface area (Å²) in [5.74, 6) is -0.417. The second kappa shape index (κ2) is 3.96. The van der Waals surface area contributed by atoms with Crippen molar-refractivity contribution in [1.29, 1.82) is 0 Å². The van der Waals surface area contributed by atoms with E-state index in [0.29, 0.717) is 18.4 Å². The van der Waals surface area contributed by atoms with E-state index in [1.165, 1.54) is 12.1 Å². The van der Waals surface area contributed by atoms with Gasteiger partial charge < -0.3 is 0 Å². The van der Waals surface area contributed by atoms with E-state index < -0.39 is 22.1 Å². The van der Waals surface area contributed by atoms with Gasteiger partial charge in [-0.15, -0.1) is 0 Å². The largest absolute Gasteiger partial charge is 0.274 e. The fourth-order valence-electron chi connectivity index (χ4n) is 2.00. The van der Waals surface area contributed by atoms with E-state index in [2.05, 4.69) is 4.72 Å². The summed E-state index contributed by atoms with van der Waals surface area (Å²) in [6.07, 6.45) is 1.12. The highest BCUT2D eigenvalue weighted by Crippen LogP contribution is 2.37. The topological polar surface area (TPSA) is 72.2 Å². The Balaban J connectivity index is 2.40. The lowest BCUT2D eigenvalue weighted by Gasteiger charge is -2.13. The molecule has 0 bridgehead atoms. The lowest BCUT2D eigenvalue weighted by Crippen LogP contribution is -2.33. The number of nitrogens with two attached hydrogens (primary N) is 1. The highest BCUT2D eigenvalue weighted by Gasteiger charge is 2.28. The molecule has 1 aromatic rings. The van der Waals surface area contributed by atoms with E-state index in [-0.39, 0.29) is 5.02 Å². The van der Waals surface area contributed by atoms with Crippen LogP contribution in [0.2, 0.25) is 5.02 Å². The number of aryl methyl sites for hydroxylation is 1. The van der Waals surface area contributed by atoms with E-state index in [9.17, 15) is 12.8 Å². The summed E-state index contributed by atoms with van der Waals surface area (Å²) in [6, 6.07) is 2.08. The average Bonchev–Trinajstić information content (AvgIpc) is 2.44. The summed E-state index contributed by atoms with van der Waals surface area (Å²) in [7, 11) is -3.78. The highest BCUT2D eigenvalue weighted by atomic mass is 35.5. The molecule has 16 heavy (non-hydrogen) atoms. The highest BCUT2D eigenvalue weighted by molar-refractivity contribution is 7.87. The van der Waals surface area contributed by atoms with E-state index in [0.717, 1.165) is 5.56 Å². The minimum absolute atomic E-state index is 0.230. The first kappa shape index (κ1) is 11.8. The van der Waals surface area contributed by atoms with Gasteiger partial charge in [0.25, 0.3) is 10.2 Å². The average molecular weight is 265 g/mol. The zero-order chi connectivity index (χ0) is 11.9. The van der Waals surface area contributed by atoms with Crippen LogP contribution in [0.15, 0.2) is 12.1 Å². The van der Waals surface area contributed by atoms with Crippen LogP contribution < -0.4 is 9.86 Å². The number of fused-ring (bicyclic) bond motifs is 1. The Morgan fingerprint density at radius 3 is 2.81 bits per heavy atom. The van der Waals surface area contributed by atoms with Crippen LogP contribution in [0, 0.1) is 5.82 Å². The zero-order valence-corrected chi connectivity index (χ0v) is 9.78. The lowest BCUT2D eigenvalue weighted by atomic mass is 10.1. The van der Waals surface area contributed by atoms with Crippen molar-refractivity contribution in [2.45, 2.75) is 18.9 Å². The number of hydrogen-bond acceptors (Lipinski definition) is 2. The number of benzene rings is 1. The predicted octanol–water partition coefficient (Wildman–Crippen LogP) is 1.26. The quantitative estimate of drug-likeness (QED) is 0.844. The van der Waals surface area contributed by atoms with E-state index >= 15 is 0 Å². The molecule has 1 aromatic carbocycles. The fraction of sp³-hybridized carbons (Fsp3) is 0.333. The van der Waals surface area contributed by atoms with Crippen molar-refractivity contribution in [3.63, 3.8) is 0 Å². The third-order valence-corrected chi connectivity index (χ3v) is 3.46. The molecule has 0 fully saturated rings. The van der Waals surface area contributed by atoms with Crippen LogP contribution in [0.5, 0.6) is 0 Å². The van der Waals surface area contributed by atoms with Crippen molar-refractivity contribution >= 4 is 21.8 Å². The SMILES string of the molecule is NS(=O)(=O)N[C@H]1CCc2cc(F)cc(Cl)c21. The van der Waals surface area contributed by atoms with Gasteiger partial charge in [0, 0.05) is 11.1 Å². The Labute approximate surface area is 97.8 Å². The van der Waals surface area contributed by atoms with Crippen molar-refractivity contribution in [2.24, 2.45) is 5.14 Å². The molecule has 0 spiro atoms. The Morgan fingerprint density at radius 2 is 2.19 bits per heavy atom. The normalized spacial score (nSPS) is 19.8. The van der Waals surface area contributed by atoms with Crippen LogP contribution in [0.3, 0.4) is 0 Å². The summed E-state index contributed by atoms with van der Waals surface area (Å²) < 4.78 is 37.2. The van der Waals surface area contributed by atoms with Crippen LogP contribution in [-0.4, -0.2) is 8.42 Å². The van der Waals surface area contributed by atoms with Gasteiger partial charge in [0.15, 0.2) is 0 Å². The molecule has 7 heteroatoms. The van der Waals surface area contributed by atoms with Gasteiger partial charge in [-0.25, -0.2) is 9.53 Å². The summed E-state index contributed by atoms with van der Waals surface area (Å²) >= 11 is 5.88. The predicted molar refractivity (Wildman–Crippen MR) is 58.7 cm³/mol. The standard InChI is InChI=1S/C9H10ClFN2O2S/c10-7-4-6(11)3-5-1-2-8(9(5)7)13-16(12,14)15/h3-4,8,13H,1-2H2,(H2,12,14,15)/t8-/m0/s1. The van der Waals surface area contributed by atoms with Gasteiger partial charge in [-0.2, -0.15) is 13.1 Å². The Hall–Kier alpha value is -0.690. The second-order valence-corrected chi connectivity index (χ2v) is 5.45. The number of nitrogens with one attached hydrogen (secondary N) is 1. The van der Waals surface area contributed by atoms with Crippen molar-refractivity contribution in [1.82, 2.24) is 4.72 Å². The summed E-state index contributed by atoms with van der Waals surface area (Å²) in [5, 5.41) is 5.13. The van der Waals surface area contributed by atoms with Gasteiger partial charge in [0.1, 0.15) is 5.82 Å². The van der Waals surface area contributed by atoms with Gasteiger partial charge in [-0.1, -0.05) is 11.6 Å². The van der Waals surface area contributed by atoms with Crippen molar-refractivity contribution in [2.75, 3.05) is 0 Å². The third-order valence-electron chi connectivity index (χ3n) is 2.54. The van der Waals surface area contributed by atoms with Gasteiger partial charge >= 0.3 is 0 Å². The molecule has 1 atom stereocenters. The smallest absolute Gasteiger partial charge is 0.216 e. The molecule has 0 aromatic heterocycles. The first-order valence-electron chi connectivity index (χ1n) is 4.64. The summed E-state index contributed by atoms with van der Waals surface area (Å²) in [6.45, 7) is 0. The lowest BCUT2D eigenvalue weighted by molar-refractivity contribution is 0.556. The Kier molecular flexibility index (Phi) is 2.91. The summed E-state index contributed by atoms with van der Waals surface area (Å²) in [5.41, 5.74) is 1.35. The molecule has 0 radical (unpaired) electrons. The van der Waals surface area contributed by atoms with E-state index in [1.807, 2.05) is 0 Å². The maximum absolute atomic E-state index is 13.0. The molecule has 0 unspecified atom stereocenters. The molecule has 4 nitrogen and oxygen atoms in total. The van der Waals surface area contributed by atoms with E-state index in [1.54, 1.807) is 0 Å². The third kappa shape index (κ3) is 2.35. The second-order valence-electron chi connectivity index (χ2n) is 3.71. The van der Waals surface area contributed by atoms with Crippen molar-refractivity contribution < 1.29 is 12.8 Å². The van der Waals surface area contributed by atoms with Gasteiger partial charge in [-0.3, -0.25) is 0 Å². The molecule has 0 saturated heterocycles. The Morgan fingerprint density at radius 1 is 1.50 bits per heavy atom. The minimum atomic E-state index is -3.78. The van der Waals surface area contributed by atoms with Crippen LogP contribution >= 0.6 is 11.6 Å². The van der Waals surface area contributed by atoms with Gasteiger partial charge in [0.05, 0.1) is 0 Å². The molecule has 1 aliphatic carbocycles. The first-order chi connectivity index (χ1) is 7.37. The minimum Gasteiger partial charge on any atom is -0.216 e. The van der Waals surface area contributed by atoms with E-state index in [4.69, 9.17) is 16.7 Å². The van der Waals surface area contributed by atoms with Crippen molar-refractivity contribution in [3.8, 4) is 0 Å². The summed E-state index contributed by atoms with van der Waals surface area (Å²) in [4.78, 5) is 0. The molecular weight excluding hydrogens is 255 g/mol. The molecule has 88 valence electrons. The monoisotopic (exact) mass is 264 g/mol. The number of hydrogen-bond donors (Lipinski definition) is 2. The zero-order valence-electron chi connectivity index (χ0n) is 8.20. The molecule has 0 saturated carbocycles. The molecule has 1 aliphatic rings. The molecule has 3 N–H and O–H groups in total. The molecule has 0 heterocycles. The van der Waals surface area contributed by atoms with Crippen LogP contribution in [0.4, 0.5) is 4.39 Å². The molecule has 0 amide bonds. The van der Waals surface area contributed by atoms with Crippen LogP contribution in [0.1, 0.15) is 23.6 Å². The molecule has 0 aliphatic heterocycles. The number of halogens is 2. The maximum Gasteiger partial charge on any atom is 0.274 e. The molecular formula is C9H10ClFN2O2S.